The van der Waals surface area contributed by atoms with Gasteiger partial charge in [0.2, 0.25) is 5.91 Å². The second-order valence-electron chi connectivity index (χ2n) is 7.17. The molecule has 3 aromatic rings. The third kappa shape index (κ3) is 5.58. The number of halogens is 1. The largest absolute Gasteiger partial charge is 0.496 e. The van der Waals surface area contributed by atoms with Gasteiger partial charge < -0.3 is 14.8 Å². The number of nitrogens with one attached hydrogen (secondary N) is 1. The fraction of sp³-hybridized carbons (Fsp3) is 0.208. The Balaban J connectivity index is 1.97. The Labute approximate surface area is 198 Å². The predicted octanol–water partition coefficient (Wildman–Crippen LogP) is 4.43. The zero-order valence-electron chi connectivity index (χ0n) is 18.5. The molecule has 33 heavy (non-hydrogen) atoms. The van der Waals surface area contributed by atoms with Crippen molar-refractivity contribution in [3.05, 3.63) is 83.4 Å². The summed E-state index contributed by atoms with van der Waals surface area (Å²) in [6, 6.07) is 19.3. The molecule has 0 aliphatic heterocycles. The number of para-hydroxylation sites is 1. The number of rotatable bonds is 9. The molecule has 0 aliphatic rings. The number of benzene rings is 3. The van der Waals surface area contributed by atoms with E-state index >= 15 is 0 Å². The molecule has 7 nitrogen and oxygen atoms in total. The van der Waals surface area contributed by atoms with Crippen LogP contribution in [0.15, 0.2) is 77.7 Å². The average Bonchev–Trinajstić information content (AvgIpc) is 2.82. The molecule has 3 rings (SSSR count). The zero-order valence-corrected chi connectivity index (χ0v) is 20.1. The van der Waals surface area contributed by atoms with Gasteiger partial charge >= 0.3 is 0 Å². The van der Waals surface area contributed by atoms with Gasteiger partial charge in [0.05, 0.1) is 30.8 Å². The van der Waals surface area contributed by atoms with Crippen molar-refractivity contribution in [1.29, 1.82) is 0 Å². The van der Waals surface area contributed by atoms with Crippen LogP contribution in [0.5, 0.6) is 11.5 Å². The minimum absolute atomic E-state index is 0.0394. The molecule has 1 amide bonds. The van der Waals surface area contributed by atoms with E-state index in [1.54, 1.807) is 50.4 Å². The van der Waals surface area contributed by atoms with E-state index in [2.05, 4.69) is 5.32 Å². The Morgan fingerprint density at radius 2 is 1.61 bits per heavy atom. The van der Waals surface area contributed by atoms with Crippen LogP contribution in [0.4, 0.5) is 5.69 Å². The maximum absolute atomic E-state index is 13.5. The smallest absolute Gasteiger partial charge is 0.264 e. The molecule has 3 aromatic carbocycles. The number of nitrogens with zero attached hydrogens (tertiary/aromatic N) is 1. The van der Waals surface area contributed by atoms with Crippen molar-refractivity contribution in [3.8, 4) is 11.5 Å². The van der Waals surface area contributed by atoms with Crippen LogP contribution in [0.3, 0.4) is 0 Å². The SMILES string of the molecule is COc1ccccc1[C@@H](C)NC(=O)CN(c1cc(Cl)ccc1OC)S(=O)(=O)c1ccccc1. The number of ether oxygens (including phenoxy) is 2. The number of carbonyl (C=O) groups excluding carboxylic acids is 1. The number of carbonyl (C=O) groups is 1. The molecule has 0 saturated heterocycles. The van der Waals surface area contributed by atoms with Gasteiger partial charge in [0.25, 0.3) is 10.0 Å². The van der Waals surface area contributed by atoms with Gasteiger partial charge in [-0.1, -0.05) is 48.0 Å². The Bertz CT molecular complexity index is 1220. The summed E-state index contributed by atoms with van der Waals surface area (Å²) in [5.41, 5.74) is 0.931. The molecule has 9 heteroatoms. The summed E-state index contributed by atoms with van der Waals surface area (Å²) in [7, 11) is -1.13. The van der Waals surface area contributed by atoms with Crippen molar-refractivity contribution in [2.24, 2.45) is 0 Å². The first kappa shape index (κ1) is 24.4. The van der Waals surface area contributed by atoms with Crippen LogP contribution in [0, 0.1) is 0 Å². The zero-order chi connectivity index (χ0) is 24.0. The lowest BCUT2D eigenvalue weighted by molar-refractivity contribution is -0.120. The lowest BCUT2D eigenvalue weighted by atomic mass is 10.1. The van der Waals surface area contributed by atoms with E-state index in [1.165, 1.54) is 25.3 Å². The summed E-state index contributed by atoms with van der Waals surface area (Å²) < 4.78 is 38.8. The van der Waals surface area contributed by atoms with Gasteiger partial charge in [0.1, 0.15) is 18.0 Å². The molecule has 0 unspecified atom stereocenters. The molecular formula is C24H25ClN2O5S. The van der Waals surface area contributed by atoms with Gasteiger partial charge in [-0.25, -0.2) is 8.42 Å². The van der Waals surface area contributed by atoms with Crippen molar-refractivity contribution in [2.75, 3.05) is 25.1 Å². The van der Waals surface area contributed by atoms with Crippen LogP contribution in [0.2, 0.25) is 5.02 Å². The Morgan fingerprint density at radius 3 is 2.27 bits per heavy atom. The van der Waals surface area contributed by atoms with E-state index in [9.17, 15) is 13.2 Å². The minimum Gasteiger partial charge on any atom is -0.496 e. The maximum atomic E-state index is 13.5. The number of methoxy groups -OCH3 is 2. The molecule has 0 radical (unpaired) electrons. The van der Waals surface area contributed by atoms with Gasteiger partial charge in [-0.15, -0.1) is 0 Å². The van der Waals surface area contributed by atoms with Crippen molar-refractivity contribution >= 4 is 33.2 Å². The highest BCUT2D eigenvalue weighted by Gasteiger charge is 2.30. The summed E-state index contributed by atoms with van der Waals surface area (Å²) in [5.74, 6) is 0.384. The second-order valence-corrected chi connectivity index (χ2v) is 9.47. The normalized spacial score (nSPS) is 12.0. The van der Waals surface area contributed by atoms with E-state index in [0.29, 0.717) is 10.8 Å². The topological polar surface area (TPSA) is 84.9 Å². The Morgan fingerprint density at radius 1 is 0.970 bits per heavy atom. The molecule has 174 valence electrons. The highest BCUT2D eigenvalue weighted by molar-refractivity contribution is 7.92. The third-order valence-electron chi connectivity index (χ3n) is 5.01. The number of anilines is 1. The van der Waals surface area contributed by atoms with Crippen LogP contribution < -0.4 is 19.1 Å². The standard InChI is InChI=1S/C24H25ClN2O5S/c1-17(20-11-7-8-12-22(20)31-2)26-24(28)16-27(21-15-18(25)13-14-23(21)32-3)33(29,30)19-9-5-4-6-10-19/h4-15,17H,16H2,1-3H3,(H,26,28)/t17-/m1/s1. The van der Waals surface area contributed by atoms with Gasteiger partial charge in [-0.3, -0.25) is 9.10 Å². The Hall–Kier alpha value is -3.23. The highest BCUT2D eigenvalue weighted by Crippen LogP contribution is 2.35. The van der Waals surface area contributed by atoms with Crippen LogP contribution in [0.1, 0.15) is 18.5 Å². The molecule has 0 saturated carbocycles. The summed E-state index contributed by atoms with van der Waals surface area (Å²) in [5, 5.41) is 3.16. The molecule has 0 aliphatic carbocycles. The molecule has 0 fully saturated rings. The third-order valence-corrected chi connectivity index (χ3v) is 7.02. The fourth-order valence-corrected chi connectivity index (χ4v) is 5.01. The quantitative estimate of drug-likeness (QED) is 0.481. The monoisotopic (exact) mass is 488 g/mol. The van der Waals surface area contributed by atoms with E-state index < -0.39 is 28.5 Å². The summed E-state index contributed by atoms with van der Waals surface area (Å²) >= 11 is 6.16. The van der Waals surface area contributed by atoms with E-state index in [0.717, 1.165) is 9.87 Å². The summed E-state index contributed by atoms with van der Waals surface area (Å²) in [6.07, 6.45) is 0. The maximum Gasteiger partial charge on any atom is 0.264 e. The number of hydrogen-bond donors (Lipinski definition) is 1. The molecule has 0 spiro atoms. The summed E-state index contributed by atoms with van der Waals surface area (Å²) in [6.45, 7) is 1.32. The van der Waals surface area contributed by atoms with Crippen molar-refractivity contribution in [1.82, 2.24) is 5.32 Å². The predicted molar refractivity (Wildman–Crippen MR) is 129 cm³/mol. The molecule has 0 bridgehead atoms. The van der Waals surface area contributed by atoms with Gasteiger partial charge in [0, 0.05) is 10.6 Å². The first-order chi connectivity index (χ1) is 15.8. The van der Waals surface area contributed by atoms with Crippen LogP contribution in [0.25, 0.3) is 0 Å². The lowest BCUT2D eigenvalue weighted by Crippen LogP contribution is -2.41. The van der Waals surface area contributed by atoms with Crippen LogP contribution in [-0.2, 0) is 14.8 Å². The second kappa shape index (κ2) is 10.6. The van der Waals surface area contributed by atoms with Crippen molar-refractivity contribution < 1.29 is 22.7 Å². The fourth-order valence-electron chi connectivity index (χ4n) is 3.40. The highest BCUT2D eigenvalue weighted by atomic mass is 35.5. The van der Waals surface area contributed by atoms with Gasteiger partial charge in [-0.05, 0) is 43.3 Å². The van der Waals surface area contributed by atoms with Crippen LogP contribution >= 0.6 is 11.6 Å². The number of sulfonamides is 1. The van der Waals surface area contributed by atoms with Gasteiger partial charge in [-0.2, -0.15) is 0 Å². The summed E-state index contributed by atoms with van der Waals surface area (Å²) in [4.78, 5) is 13.1. The van der Waals surface area contributed by atoms with Crippen molar-refractivity contribution in [2.45, 2.75) is 17.9 Å². The first-order valence-electron chi connectivity index (χ1n) is 10.1. The number of hydrogen-bond acceptors (Lipinski definition) is 5. The van der Waals surface area contributed by atoms with Crippen molar-refractivity contribution in [3.63, 3.8) is 0 Å². The minimum atomic E-state index is -4.10. The average molecular weight is 489 g/mol. The van der Waals surface area contributed by atoms with E-state index in [-0.39, 0.29) is 16.3 Å². The van der Waals surface area contributed by atoms with Crippen LogP contribution in [-0.4, -0.2) is 35.1 Å². The molecule has 0 aromatic heterocycles. The van der Waals surface area contributed by atoms with E-state index in [4.69, 9.17) is 21.1 Å². The Kier molecular flexibility index (Phi) is 7.84. The molecular weight excluding hydrogens is 464 g/mol. The lowest BCUT2D eigenvalue weighted by Gasteiger charge is -2.26. The molecule has 0 heterocycles. The molecule has 1 atom stereocenters. The molecule has 1 N–H and O–H groups in total. The number of amides is 1. The van der Waals surface area contributed by atoms with Gasteiger partial charge in [0.15, 0.2) is 0 Å². The van der Waals surface area contributed by atoms with E-state index in [1.807, 2.05) is 18.2 Å². The first-order valence-corrected chi connectivity index (χ1v) is 11.9.